The van der Waals surface area contributed by atoms with Crippen molar-refractivity contribution in [3.05, 3.63) is 53.9 Å². The first-order chi connectivity index (χ1) is 9.06. The van der Waals surface area contributed by atoms with E-state index in [0.717, 1.165) is 0 Å². The lowest BCUT2D eigenvalue weighted by atomic mass is 10.2. The van der Waals surface area contributed by atoms with Gasteiger partial charge in [0.15, 0.2) is 0 Å². The van der Waals surface area contributed by atoms with E-state index in [9.17, 15) is 9.59 Å². The van der Waals surface area contributed by atoms with Gasteiger partial charge in [-0.3, -0.25) is 0 Å². The van der Waals surface area contributed by atoms with Gasteiger partial charge in [-0.1, -0.05) is 0 Å². The van der Waals surface area contributed by atoms with E-state index >= 15 is 0 Å². The van der Waals surface area contributed by atoms with Gasteiger partial charge in [0.2, 0.25) is 0 Å². The van der Waals surface area contributed by atoms with E-state index in [1.165, 1.54) is 42.6 Å². The van der Waals surface area contributed by atoms with Gasteiger partial charge >= 0.3 is 11.9 Å². The van der Waals surface area contributed by atoms with E-state index in [4.69, 9.17) is 14.9 Å². The fourth-order valence-electron chi connectivity index (χ4n) is 1.37. The molecule has 1 heterocycles. The number of nitrogens with zero attached hydrogens (tertiary/aromatic N) is 1. The van der Waals surface area contributed by atoms with Crippen molar-refractivity contribution >= 4 is 11.9 Å². The zero-order chi connectivity index (χ0) is 13.8. The number of aromatic nitrogens is 1. The van der Waals surface area contributed by atoms with Crippen molar-refractivity contribution in [3.8, 4) is 11.5 Å². The van der Waals surface area contributed by atoms with Crippen LogP contribution >= 0.6 is 0 Å². The molecule has 1 aromatic heterocycles. The average molecular weight is 259 g/mol. The molecule has 2 N–H and O–H groups in total. The van der Waals surface area contributed by atoms with Crippen LogP contribution in [0.5, 0.6) is 11.5 Å². The molecule has 19 heavy (non-hydrogen) atoms. The highest BCUT2D eigenvalue weighted by atomic mass is 16.5. The Morgan fingerprint density at radius 3 is 2.00 bits per heavy atom. The van der Waals surface area contributed by atoms with Crippen molar-refractivity contribution in [2.24, 2.45) is 0 Å². The number of hydrogen-bond donors (Lipinski definition) is 2. The maximum Gasteiger partial charge on any atom is 0.354 e. The summed E-state index contributed by atoms with van der Waals surface area (Å²) in [6.45, 7) is 0. The summed E-state index contributed by atoms with van der Waals surface area (Å²) in [4.78, 5) is 25.0. The second-order valence-electron chi connectivity index (χ2n) is 3.62. The number of benzene rings is 1. The van der Waals surface area contributed by atoms with Gasteiger partial charge in [0.05, 0.1) is 11.8 Å². The first kappa shape index (κ1) is 12.6. The Kier molecular flexibility index (Phi) is 3.42. The molecular weight excluding hydrogens is 250 g/mol. The van der Waals surface area contributed by atoms with Gasteiger partial charge in [-0.2, -0.15) is 0 Å². The van der Waals surface area contributed by atoms with Crippen LogP contribution in [0.25, 0.3) is 0 Å². The molecule has 6 nitrogen and oxygen atoms in total. The highest BCUT2D eigenvalue weighted by Crippen LogP contribution is 2.21. The van der Waals surface area contributed by atoms with E-state index in [2.05, 4.69) is 4.98 Å². The summed E-state index contributed by atoms with van der Waals surface area (Å²) in [5, 5.41) is 17.4. The fraction of sp³-hybridized carbons (Fsp3) is 0. The first-order valence-corrected chi connectivity index (χ1v) is 5.27. The molecule has 0 fully saturated rings. The minimum atomic E-state index is -1.11. The average Bonchev–Trinajstić information content (AvgIpc) is 2.40. The van der Waals surface area contributed by atoms with Gasteiger partial charge in [0.25, 0.3) is 0 Å². The molecule has 6 heteroatoms. The highest BCUT2D eigenvalue weighted by molar-refractivity contribution is 5.87. The largest absolute Gasteiger partial charge is 0.478 e. The number of ether oxygens (including phenoxy) is 1. The third-order valence-corrected chi connectivity index (χ3v) is 2.29. The number of carbonyl (C=O) groups is 2. The Bertz CT molecular complexity index is 548. The van der Waals surface area contributed by atoms with Crippen molar-refractivity contribution in [1.29, 1.82) is 0 Å². The number of carboxylic acid groups (broad SMARTS) is 2. The van der Waals surface area contributed by atoms with E-state index in [0.29, 0.717) is 11.5 Å². The van der Waals surface area contributed by atoms with Crippen molar-refractivity contribution in [1.82, 2.24) is 4.98 Å². The minimum Gasteiger partial charge on any atom is -0.478 e. The standard InChI is InChI=1S/C13H9NO5/c15-12(16)8-1-3-9(4-2-8)19-10-5-6-11(13(17)18)14-7-10/h1-7H,(H,15,16)(H,17,18). The lowest BCUT2D eigenvalue weighted by molar-refractivity contribution is 0.0682. The second-order valence-corrected chi connectivity index (χ2v) is 3.62. The van der Waals surface area contributed by atoms with Crippen LogP contribution in [0.2, 0.25) is 0 Å². The van der Waals surface area contributed by atoms with Crippen LogP contribution in [0.3, 0.4) is 0 Å². The molecule has 0 bridgehead atoms. The second kappa shape index (κ2) is 5.18. The molecule has 2 rings (SSSR count). The van der Waals surface area contributed by atoms with Crippen LogP contribution in [-0.4, -0.2) is 27.1 Å². The lowest BCUT2D eigenvalue weighted by Gasteiger charge is -2.05. The molecular formula is C13H9NO5. The summed E-state index contributed by atoms with van der Waals surface area (Å²) >= 11 is 0. The Hall–Kier alpha value is -2.89. The molecule has 0 aliphatic rings. The number of carboxylic acids is 2. The monoisotopic (exact) mass is 259 g/mol. The zero-order valence-electron chi connectivity index (χ0n) is 9.61. The smallest absolute Gasteiger partial charge is 0.354 e. The summed E-state index contributed by atoms with van der Waals surface area (Å²) in [6, 6.07) is 8.64. The van der Waals surface area contributed by atoms with Crippen molar-refractivity contribution in [2.45, 2.75) is 0 Å². The number of pyridine rings is 1. The summed E-state index contributed by atoms with van der Waals surface area (Å²) in [5.74, 6) is -1.32. The molecule has 0 amide bonds. The highest BCUT2D eigenvalue weighted by Gasteiger charge is 2.06. The Balaban J connectivity index is 2.12. The van der Waals surface area contributed by atoms with Crippen LogP contribution in [0.15, 0.2) is 42.6 Å². The van der Waals surface area contributed by atoms with E-state index in [-0.39, 0.29) is 11.3 Å². The maximum atomic E-state index is 10.7. The predicted molar refractivity (Wildman–Crippen MR) is 64.7 cm³/mol. The Morgan fingerprint density at radius 1 is 0.895 bits per heavy atom. The van der Waals surface area contributed by atoms with Crippen LogP contribution in [0, 0.1) is 0 Å². The normalized spacial score (nSPS) is 9.89. The van der Waals surface area contributed by atoms with Gasteiger partial charge in [0, 0.05) is 0 Å². The molecule has 1 aromatic carbocycles. The molecule has 0 aliphatic carbocycles. The van der Waals surface area contributed by atoms with Crippen LogP contribution in [0.4, 0.5) is 0 Å². The SMILES string of the molecule is O=C(O)c1ccc(Oc2ccc(C(=O)O)nc2)cc1. The van der Waals surface area contributed by atoms with E-state index < -0.39 is 11.9 Å². The van der Waals surface area contributed by atoms with Crippen molar-refractivity contribution < 1.29 is 24.5 Å². The number of aromatic carboxylic acids is 2. The molecule has 2 aromatic rings. The first-order valence-electron chi connectivity index (χ1n) is 5.27. The molecule has 0 radical (unpaired) electrons. The molecule has 0 unspecified atom stereocenters. The van der Waals surface area contributed by atoms with Gasteiger partial charge in [0.1, 0.15) is 17.2 Å². The van der Waals surface area contributed by atoms with Gasteiger partial charge in [-0.25, -0.2) is 14.6 Å². The number of hydrogen-bond acceptors (Lipinski definition) is 4. The van der Waals surface area contributed by atoms with Crippen LogP contribution < -0.4 is 4.74 Å². The van der Waals surface area contributed by atoms with Crippen molar-refractivity contribution in [3.63, 3.8) is 0 Å². The lowest BCUT2D eigenvalue weighted by Crippen LogP contribution is -1.99. The third kappa shape index (κ3) is 3.06. The fourth-order valence-corrected chi connectivity index (χ4v) is 1.37. The molecule has 0 saturated heterocycles. The van der Waals surface area contributed by atoms with Gasteiger partial charge in [-0.15, -0.1) is 0 Å². The molecule has 0 atom stereocenters. The Morgan fingerprint density at radius 2 is 1.53 bits per heavy atom. The molecule has 0 spiro atoms. The quantitative estimate of drug-likeness (QED) is 0.874. The molecule has 0 aliphatic heterocycles. The molecule has 0 saturated carbocycles. The summed E-state index contributed by atoms with van der Waals surface area (Å²) < 4.78 is 5.40. The summed E-state index contributed by atoms with van der Waals surface area (Å²) in [7, 11) is 0. The topological polar surface area (TPSA) is 96.7 Å². The molecule has 96 valence electrons. The van der Waals surface area contributed by atoms with Crippen LogP contribution in [-0.2, 0) is 0 Å². The van der Waals surface area contributed by atoms with Gasteiger partial charge in [-0.05, 0) is 36.4 Å². The Labute approximate surface area is 107 Å². The maximum absolute atomic E-state index is 10.7. The predicted octanol–water partition coefficient (Wildman–Crippen LogP) is 2.27. The zero-order valence-corrected chi connectivity index (χ0v) is 9.61. The minimum absolute atomic E-state index is 0.0754. The van der Waals surface area contributed by atoms with E-state index in [1.54, 1.807) is 0 Å². The third-order valence-electron chi connectivity index (χ3n) is 2.29. The van der Waals surface area contributed by atoms with Crippen molar-refractivity contribution in [2.75, 3.05) is 0 Å². The summed E-state index contributed by atoms with van der Waals surface area (Å²) in [6.07, 6.45) is 1.29. The number of rotatable bonds is 4. The van der Waals surface area contributed by atoms with E-state index in [1.807, 2.05) is 0 Å². The van der Waals surface area contributed by atoms with Crippen LogP contribution in [0.1, 0.15) is 20.8 Å². The van der Waals surface area contributed by atoms with Gasteiger partial charge < -0.3 is 14.9 Å². The summed E-state index contributed by atoms with van der Waals surface area (Å²) in [5.41, 5.74) is 0.0836.